The van der Waals surface area contributed by atoms with Crippen LogP contribution in [0.2, 0.25) is 5.02 Å². The summed E-state index contributed by atoms with van der Waals surface area (Å²) in [7, 11) is 0. The number of carbonyl (C=O) groups is 1. The van der Waals surface area contributed by atoms with E-state index in [-0.39, 0.29) is 5.91 Å². The lowest BCUT2D eigenvalue weighted by Crippen LogP contribution is -2.06. The Bertz CT molecular complexity index is 990. The molecule has 1 heterocycles. The third-order valence-electron chi connectivity index (χ3n) is 3.74. The van der Waals surface area contributed by atoms with Gasteiger partial charge in [-0.15, -0.1) is 0 Å². The Hall–Kier alpha value is -3.12. The van der Waals surface area contributed by atoms with E-state index in [4.69, 9.17) is 11.6 Å². The molecule has 0 saturated heterocycles. The summed E-state index contributed by atoms with van der Waals surface area (Å²) in [4.78, 5) is 20.1. The van der Waals surface area contributed by atoms with Crippen LogP contribution >= 0.6 is 11.6 Å². The van der Waals surface area contributed by atoms with Crippen molar-refractivity contribution in [3.8, 4) is 0 Å². The van der Waals surface area contributed by atoms with Crippen LogP contribution in [0.25, 0.3) is 0 Å². The highest BCUT2D eigenvalue weighted by atomic mass is 35.5. The molecule has 0 radical (unpaired) electrons. The van der Waals surface area contributed by atoms with Crippen LogP contribution in [-0.4, -0.2) is 15.9 Å². The van der Waals surface area contributed by atoms with Gasteiger partial charge in [-0.3, -0.25) is 4.79 Å². The minimum atomic E-state index is -0.116. The van der Waals surface area contributed by atoms with Crippen molar-refractivity contribution < 1.29 is 4.79 Å². The predicted octanol–water partition coefficient (Wildman–Crippen LogP) is 5.19. The van der Waals surface area contributed by atoms with Crippen molar-refractivity contribution in [1.82, 2.24) is 9.97 Å². The van der Waals surface area contributed by atoms with Gasteiger partial charge < -0.3 is 16.0 Å². The quantitative estimate of drug-likeness (QED) is 0.566. The smallest absolute Gasteiger partial charge is 0.221 e. The number of nitrogens with zero attached hydrogens (tertiary/aromatic N) is 2. The third-order valence-corrected chi connectivity index (χ3v) is 3.98. The topological polar surface area (TPSA) is 78.9 Å². The zero-order valence-electron chi connectivity index (χ0n) is 15.3. The summed E-state index contributed by atoms with van der Waals surface area (Å²) < 4.78 is 0. The molecular weight excluding hydrogens is 362 g/mol. The highest BCUT2D eigenvalue weighted by Gasteiger charge is 2.06. The lowest BCUT2D eigenvalue weighted by atomic mass is 10.2. The number of hydrogen-bond acceptors (Lipinski definition) is 5. The van der Waals surface area contributed by atoms with Gasteiger partial charge in [0.15, 0.2) is 0 Å². The molecule has 3 aromatic rings. The van der Waals surface area contributed by atoms with Crippen LogP contribution < -0.4 is 16.0 Å². The maximum atomic E-state index is 11.2. The maximum Gasteiger partial charge on any atom is 0.221 e. The van der Waals surface area contributed by atoms with Crippen molar-refractivity contribution in [3.05, 3.63) is 64.9 Å². The van der Waals surface area contributed by atoms with Crippen LogP contribution in [0.3, 0.4) is 0 Å². The lowest BCUT2D eigenvalue weighted by Gasteiger charge is -2.12. The number of amides is 1. The van der Waals surface area contributed by atoms with E-state index in [1.54, 1.807) is 0 Å². The second-order valence-corrected chi connectivity index (χ2v) is 6.59. The maximum absolute atomic E-state index is 11.2. The Morgan fingerprint density at radius 1 is 0.926 bits per heavy atom. The van der Waals surface area contributed by atoms with Gasteiger partial charge >= 0.3 is 0 Å². The Morgan fingerprint density at radius 2 is 1.63 bits per heavy atom. The number of carbonyl (C=O) groups excluding carboxylic acids is 1. The molecule has 3 rings (SSSR count). The number of hydrogen-bond donors (Lipinski definition) is 3. The van der Waals surface area contributed by atoms with E-state index in [2.05, 4.69) is 25.9 Å². The van der Waals surface area contributed by atoms with Crippen molar-refractivity contribution >= 4 is 46.2 Å². The largest absolute Gasteiger partial charge is 0.340 e. The SMILES string of the molecule is CC(=O)Nc1cccc(Nc2cc(Nc3ccc(Cl)cc3C)nc(C)n2)c1. The first kappa shape index (κ1) is 18.7. The molecule has 0 unspecified atom stereocenters. The highest BCUT2D eigenvalue weighted by molar-refractivity contribution is 6.30. The minimum absolute atomic E-state index is 0.116. The second kappa shape index (κ2) is 8.05. The van der Waals surface area contributed by atoms with Crippen molar-refractivity contribution in [1.29, 1.82) is 0 Å². The lowest BCUT2D eigenvalue weighted by molar-refractivity contribution is -0.114. The van der Waals surface area contributed by atoms with Crippen LogP contribution in [-0.2, 0) is 4.79 Å². The third kappa shape index (κ3) is 5.18. The van der Waals surface area contributed by atoms with E-state index in [9.17, 15) is 4.79 Å². The van der Waals surface area contributed by atoms with E-state index in [1.165, 1.54) is 6.92 Å². The molecule has 0 fully saturated rings. The monoisotopic (exact) mass is 381 g/mol. The molecule has 0 bridgehead atoms. The molecule has 2 aromatic carbocycles. The van der Waals surface area contributed by atoms with Crippen LogP contribution in [0.5, 0.6) is 0 Å². The van der Waals surface area contributed by atoms with Gasteiger partial charge in [0, 0.05) is 35.1 Å². The van der Waals surface area contributed by atoms with Gasteiger partial charge in [0.05, 0.1) is 0 Å². The molecule has 0 spiro atoms. The number of nitrogens with one attached hydrogen (secondary N) is 3. The zero-order chi connectivity index (χ0) is 19.4. The van der Waals surface area contributed by atoms with Crippen LogP contribution in [0.15, 0.2) is 48.5 Å². The number of halogens is 1. The van der Waals surface area contributed by atoms with Crippen molar-refractivity contribution in [2.45, 2.75) is 20.8 Å². The van der Waals surface area contributed by atoms with Gasteiger partial charge in [-0.05, 0) is 55.8 Å². The minimum Gasteiger partial charge on any atom is -0.340 e. The fraction of sp³-hybridized carbons (Fsp3) is 0.150. The Morgan fingerprint density at radius 3 is 2.33 bits per heavy atom. The first-order valence-electron chi connectivity index (χ1n) is 8.42. The highest BCUT2D eigenvalue weighted by Crippen LogP contribution is 2.25. The molecule has 0 aliphatic heterocycles. The van der Waals surface area contributed by atoms with Gasteiger partial charge in [0.1, 0.15) is 17.5 Å². The molecule has 3 N–H and O–H groups in total. The summed E-state index contributed by atoms with van der Waals surface area (Å²) in [5, 5.41) is 10.00. The molecule has 0 aliphatic carbocycles. The number of aromatic nitrogens is 2. The van der Waals surface area contributed by atoms with Crippen LogP contribution in [0.1, 0.15) is 18.3 Å². The molecule has 1 aromatic heterocycles. The standard InChI is InChI=1S/C20H20ClN5O/c1-12-9-15(21)7-8-18(12)26-20-11-19(22-13(2)23-20)25-17-6-4-5-16(10-17)24-14(3)27/h4-11H,1-3H3,(H,24,27)(H2,22,23,25,26). The number of anilines is 5. The molecule has 0 aliphatic rings. The fourth-order valence-corrected chi connectivity index (χ4v) is 2.85. The van der Waals surface area contributed by atoms with Crippen molar-refractivity contribution in [3.63, 3.8) is 0 Å². The number of benzene rings is 2. The average Bonchev–Trinajstić information content (AvgIpc) is 2.56. The van der Waals surface area contributed by atoms with Crippen molar-refractivity contribution in [2.75, 3.05) is 16.0 Å². The Labute approximate surface area is 163 Å². The molecule has 0 saturated carbocycles. The molecule has 6 nitrogen and oxygen atoms in total. The predicted molar refractivity (Wildman–Crippen MR) is 110 cm³/mol. The summed E-state index contributed by atoms with van der Waals surface area (Å²) in [5.74, 6) is 1.84. The van der Waals surface area contributed by atoms with Crippen LogP contribution in [0, 0.1) is 13.8 Å². The molecule has 0 atom stereocenters. The van der Waals surface area contributed by atoms with Gasteiger partial charge in [-0.2, -0.15) is 0 Å². The molecular formula is C20H20ClN5O. The first-order chi connectivity index (χ1) is 12.9. The first-order valence-corrected chi connectivity index (χ1v) is 8.80. The molecule has 138 valence electrons. The van der Waals surface area contributed by atoms with Gasteiger partial charge in [0.25, 0.3) is 0 Å². The van der Waals surface area contributed by atoms with E-state index in [1.807, 2.05) is 62.4 Å². The van der Waals surface area contributed by atoms with E-state index >= 15 is 0 Å². The van der Waals surface area contributed by atoms with Crippen LogP contribution in [0.4, 0.5) is 28.7 Å². The summed E-state index contributed by atoms with van der Waals surface area (Å²) >= 11 is 6.02. The van der Waals surface area contributed by atoms with Gasteiger partial charge in [-0.25, -0.2) is 9.97 Å². The summed E-state index contributed by atoms with van der Waals surface area (Å²) in [6.07, 6.45) is 0. The van der Waals surface area contributed by atoms with E-state index in [0.29, 0.717) is 28.2 Å². The fourth-order valence-electron chi connectivity index (χ4n) is 2.63. The average molecular weight is 382 g/mol. The Kier molecular flexibility index (Phi) is 5.57. The molecule has 7 heteroatoms. The number of aryl methyl sites for hydroxylation is 2. The van der Waals surface area contributed by atoms with Gasteiger partial charge in [0.2, 0.25) is 5.91 Å². The molecule has 27 heavy (non-hydrogen) atoms. The van der Waals surface area contributed by atoms with E-state index in [0.717, 1.165) is 16.9 Å². The van der Waals surface area contributed by atoms with Crippen molar-refractivity contribution in [2.24, 2.45) is 0 Å². The Balaban J connectivity index is 1.82. The summed E-state index contributed by atoms with van der Waals surface area (Å²) in [5.41, 5.74) is 3.48. The summed E-state index contributed by atoms with van der Waals surface area (Å²) in [6, 6.07) is 14.9. The normalized spacial score (nSPS) is 10.4. The zero-order valence-corrected chi connectivity index (χ0v) is 16.1. The van der Waals surface area contributed by atoms with E-state index < -0.39 is 0 Å². The second-order valence-electron chi connectivity index (χ2n) is 6.16. The summed E-state index contributed by atoms with van der Waals surface area (Å²) in [6.45, 7) is 5.29. The number of rotatable bonds is 5. The molecule has 1 amide bonds. The van der Waals surface area contributed by atoms with Gasteiger partial charge in [-0.1, -0.05) is 17.7 Å².